The normalized spacial score (nSPS) is 15.3. The molecule has 0 spiro atoms. The molecule has 2 aromatic rings. The SMILES string of the molecule is CCCCOC(=O)N1CCC(NC(=O)c2ccc3nc[nH]c3c2)CC1. The van der Waals surface area contributed by atoms with E-state index in [0.29, 0.717) is 25.3 Å². The number of hydrogen-bond acceptors (Lipinski definition) is 4. The molecule has 2 heterocycles. The van der Waals surface area contributed by atoms with Gasteiger partial charge in [0.05, 0.1) is 24.0 Å². The van der Waals surface area contributed by atoms with E-state index in [4.69, 9.17) is 4.74 Å². The van der Waals surface area contributed by atoms with Gasteiger partial charge in [0, 0.05) is 24.7 Å². The molecule has 25 heavy (non-hydrogen) atoms. The van der Waals surface area contributed by atoms with Gasteiger partial charge >= 0.3 is 6.09 Å². The molecule has 0 radical (unpaired) electrons. The number of carbonyl (C=O) groups excluding carboxylic acids is 2. The van der Waals surface area contributed by atoms with Crippen molar-refractivity contribution in [3.05, 3.63) is 30.1 Å². The largest absolute Gasteiger partial charge is 0.449 e. The van der Waals surface area contributed by atoms with Gasteiger partial charge in [-0.15, -0.1) is 0 Å². The summed E-state index contributed by atoms with van der Waals surface area (Å²) < 4.78 is 5.23. The number of rotatable bonds is 5. The Hall–Kier alpha value is -2.57. The van der Waals surface area contributed by atoms with Crippen molar-refractivity contribution in [1.29, 1.82) is 0 Å². The molecule has 3 rings (SSSR count). The maximum absolute atomic E-state index is 12.4. The maximum Gasteiger partial charge on any atom is 0.409 e. The van der Waals surface area contributed by atoms with E-state index in [1.807, 2.05) is 6.07 Å². The quantitative estimate of drug-likeness (QED) is 0.817. The molecule has 7 nitrogen and oxygen atoms in total. The molecule has 7 heteroatoms. The van der Waals surface area contributed by atoms with E-state index < -0.39 is 0 Å². The Kier molecular flexibility index (Phi) is 5.53. The number of unbranched alkanes of at least 4 members (excludes halogenated alkanes) is 1. The van der Waals surface area contributed by atoms with Crippen LogP contribution in [-0.4, -0.2) is 52.6 Å². The van der Waals surface area contributed by atoms with Crippen LogP contribution in [0, 0.1) is 0 Å². The van der Waals surface area contributed by atoms with E-state index >= 15 is 0 Å². The molecule has 1 aliphatic heterocycles. The molecule has 1 aromatic carbocycles. The highest BCUT2D eigenvalue weighted by atomic mass is 16.6. The fourth-order valence-corrected chi connectivity index (χ4v) is 2.95. The van der Waals surface area contributed by atoms with Gasteiger partial charge < -0.3 is 19.9 Å². The van der Waals surface area contributed by atoms with Crippen molar-refractivity contribution in [2.45, 2.75) is 38.6 Å². The molecule has 0 aliphatic carbocycles. The molecular weight excluding hydrogens is 320 g/mol. The molecule has 134 valence electrons. The van der Waals surface area contributed by atoms with Crippen LogP contribution in [-0.2, 0) is 4.74 Å². The number of nitrogens with one attached hydrogen (secondary N) is 2. The van der Waals surface area contributed by atoms with Crippen molar-refractivity contribution in [2.75, 3.05) is 19.7 Å². The van der Waals surface area contributed by atoms with Gasteiger partial charge in [0.1, 0.15) is 0 Å². The van der Waals surface area contributed by atoms with Gasteiger partial charge in [0.2, 0.25) is 0 Å². The highest BCUT2D eigenvalue weighted by Gasteiger charge is 2.25. The summed E-state index contributed by atoms with van der Waals surface area (Å²) in [6.45, 7) is 3.75. The number of likely N-dealkylation sites (tertiary alicyclic amines) is 1. The van der Waals surface area contributed by atoms with Crippen LogP contribution in [0.2, 0.25) is 0 Å². The Morgan fingerprint density at radius 2 is 2.16 bits per heavy atom. The van der Waals surface area contributed by atoms with Crippen LogP contribution in [0.15, 0.2) is 24.5 Å². The Bertz CT molecular complexity index is 735. The van der Waals surface area contributed by atoms with Crippen molar-refractivity contribution in [3.63, 3.8) is 0 Å². The summed E-state index contributed by atoms with van der Waals surface area (Å²) in [5.74, 6) is -0.0968. The standard InChI is InChI=1S/C18H24N4O3/c1-2-3-10-25-18(24)22-8-6-14(7-9-22)21-17(23)13-4-5-15-16(11-13)20-12-19-15/h4-5,11-12,14H,2-3,6-10H2,1H3,(H,19,20)(H,21,23). The van der Waals surface area contributed by atoms with Crippen molar-refractivity contribution in [1.82, 2.24) is 20.2 Å². The number of H-pyrrole nitrogens is 1. The first-order chi connectivity index (χ1) is 12.2. The molecule has 0 bridgehead atoms. The van der Waals surface area contributed by atoms with E-state index in [9.17, 15) is 9.59 Å². The van der Waals surface area contributed by atoms with Crippen molar-refractivity contribution < 1.29 is 14.3 Å². The van der Waals surface area contributed by atoms with E-state index in [2.05, 4.69) is 22.2 Å². The second kappa shape index (κ2) is 8.00. The fourth-order valence-electron chi connectivity index (χ4n) is 2.95. The average Bonchev–Trinajstić information content (AvgIpc) is 3.10. The molecule has 1 fully saturated rings. The Morgan fingerprint density at radius 1 is 1.36 bits per heavy atom. The lowest BCUT2D eigenvalue weighted by molar-refractivity contribution is 0.0836. The van der Waals surface area contributed by atoms with E-state index in [1.54, 1.807) is 23.4 Å². The second-order valence-electron chi connectivity index (χ2n) is 6.34. The zero-order valence-corrected chi connectivity index (χ0v) is 14.5. The minimum Gasteiger partial charge on any atom is -0.449 e. The zero-order chi connectivity index (χ0) is 17.6. The lowest BCUT2D eigenvalue weighted by atomic mass is 10.0. The third-order valence-corrected chi connectivity index (χ3v) is 4.49. The topological polar surface area (TPSA) is 87.3 Å². The summed E-state index contributed by atoms with van der Waals surface area (Å²) in [6, 6.07) is 5.48. The lowest BCUT2D eigenvalue weighted by Gasteiger charge is -2.31. The highest BCUT2D eigenvalue weighted by Crippen LogP contribution is 2.15. The number of aromatic nitrogens is 2. The average molecular weight is 344 g/mol. The number of carbonyl (C=O) groups is 2. The van der Waals surface area contributed by atoms with Crippen LogP contribution in [0.4, 0.5) is 4.79 Å². The van der Waals surface area contributed by atoms with Crippen LogP contribution < -0.4 is 5.32 Å². The van der Waals surface area contributed by atoms with Crippen molar-refractivity contribution in [3.8, 4) is 0 Å². The fraction of sp³-hybridized carbons (Fsp3) is 0.500. The van der Waals surface area contributed by atoms with E-state index in [1.165, 1.54) is 0 Å². The van der Waals surface area contributed by atoms with Crippen LogP contribution >= 0.6 is 0 Å². The van der Waals surface area contributed by atoms with Gasteiger partial charge in [-0.05, 0) is 37.5 Å². The highest BCUT2D eigenvalue weighted by molar-refractivity contribution is 5.97. The van der Waals surface area contributed by atoms with Crippen LogP contribution in [0.5, 0.6) is 0 Å². The molecule has 1 aliphatic rings. The zero-order valence-electron chi connectivity index (χ0n) is 14.5. The number of imidazole rings is 1. The molecule has 0 unspecified atom stereocenters. The lowest BCUT2D eigenvalue weighted by Crippen LogP contribution is -2.46. The summed E-state index contributed by atoms with van der Waals surface area (Å²) in [5, 5.41) is 3.05. The van der Waals surface area contributed by atoms with Gasteiger partial charge in [-0.25, -0.2) is 9.78 Å². The van der Waals surface area contributed by atoms with E-state index in [-0.39, 0.29) is 18.0 Å². The number of amides is 2. The molecule has 0 atom stereocenters. The number of hydrogen-bond donors (Lipinski definition) is 2. The molecule has 2 N–H and O–H groups in total. The van der Waals surface area contributed by atoms with Gasteiger partial charge in [0.25, 0.3) is 5.91 Å². The smallest absolute Gasteiger partial charge is 0.409 e. The minimum atomic E-state index is -0.247. The predicted octanol–water partition coefficient (Wildman–Crippen LogP) is 2.69. The second-order valence-corrected chi connectivity index (χ2v) is 6.34. The number of aromatic amines is 1. The van der Waals surface area contributed by atoms with Crippen molar-refractivity contribution in [2.24, 2.45) is 0 Å². The van der Waals surface area contributed by atoms with Gasteiger partial charge in [0.15, 0.2) is 0 Å². The monoisotopic (exact) mass is 344 g/mol. The van der Waals surface area contributed by atoms with E-state index in [0.717, 1.165) is 36.7 Å². The van der Waals surface area contributed by atoms with Crippen molar-refractivity contribution >= 4 is 23.0 Å². The first kappa shape index (κ1) is 17.3. The van der Waals surface area contributed by atoms with Crippen LogP contribution in [0.3, 0.4) is 0 Å². The van der Waals surface area contributed by atoms with Gasteiger partial charge in [-0.3, -0.25) is 4.79 Å². The summed E-state index contributed by atoms with van der Waals surface area (Å²) in [7, 11) is 0. The van der Waals surface area contributed by atoms with Crippen LogP contribution in [0.1, 0.15) is 43.0 Å². The number of benzene rings is 1. The first-order valence-electron chi connectivity index (χ1n) is 8.83. The minimum absolute atomic E-state index is 0.0738. The third-order valence-electron chi connectivity index (χ3n) is 4.49. The number of nitrogens with zero attached hydrogens (tertiary/aromatic N) is 2. The Morgan fingerprint density at radius 3 is 2.92 bits per heavy atom. The summed E-state index contributed by atoms with van der Waals surface area (Å²) in [4.78, 5) is 33.2. The van der Waals surface area contributed by atoms with Gasteiger partial charge in [-0.1, -0.05) is 13.3 Å². The molecule has 1 saturated heterocycles. The molecule has 1 aromatic heterocycles. The predicted molar refractivity (Wildman–Crippen MR) is 94.4 cm³/mol. The summed E-state index contributed by atoms with van der Waals surface area (Å²) in [6.07, 6.45) is 4.73. The third kappa shape index (κ3) is 4.29. The Labute approximate surface area is 146 Å². The summed E-state index contributed by atoms with van der Waals surface area (Å²) >= 11 is 0. The summed E-state index contributed by atoms with van der Waals surface area (Å²) in [5.41, 5.74) is 2.29. The molecule has 0 saturated carbocycles. The van der Waals surface area contributed by atoms with Gasteiger partial charge in [-0.2, -0.15) is 0 Å². The molecular formula is C18H24N4O3. The van der Waals surface area contributed by atoms with Crippen LogP contribution in [0.25, 0.3) is 11.0 Å². The number of fused-ring (bicyclic) bond motifs is 1. The number of ether oxygens (including phenoxy) is 1. The first-order valence-corrected chi connectivity index (χ1v) is 8.83. The number of piperidine rings is 1. The maximum atomic E-state index is 12.4. The Balaban J connectivity index is 1.48. The molecule has 2 amide bonds.